The lowest BCUT2D eigenvalue weighted by atomic mass is 10.2. The number of hydrogen-bond acceptors (Lipinski definition) is 3. The van der Waals surface area contributed by atoms with E-state index in [1.807, 2.05) is 16.8 Å². The van der Waals surface area contributed by atoms with Crippen molar-refractivity contribution in [3.05, 3.63) is 47.3 Å². The Kier molecular flexibility index (Phi) is 4.84. The number of aromatic nitrogens is 2. The lowest BCUT2D eigenvalue weighted by molar-refractivity contribution is 0.0693. The second-order valence-electron chi connectivity index (χ2n) is 4.39. The van der Waals surface area contributed by atoms with Gasteiger partial charge >= 0.3 is 5.97 Å². The first kappa shape index (κ1) is 14.7. The molecule has 0 aliphatic carbocycles. The Morgan fingerprint density at radius 2 is 2.10 bits per heavy atom. The van der Waals surface area contributed by atoms with Crippen LogP contribution in [0.15, 0.2) is 35.2 Å². The quantitative estimate of drug-likeness (QED) is 0.828. The minimum absolute atomic E-state index is 0.357. The Bertz CT molecular complexity index is 608. The van der Waals surface area contributed by atoms with Gasteiger partial charge in [0.25, 0.3) is 0 Å². The number of thioether (sulfide) groups is 1. The largest absolute Gasteiger partial charge is 0.478 e. The third kappa shape index (κ3) is 3.22. The van der Waals surface area contributed by atoms with Crippen LogP contribution in [0.4, 0.5) is 0 Å². The topological polar surface area (TPSA) is 55.1 Å². The van der Waals surface area contributed by atoms with Gasteiger partial charge in [-0.3, -0.25) is 4.68 Å². The van der Waals surface area contributed by atoms with Crippen molar-refractivity contribution in [1.29, 1.82) is 0 Å². The Morgan fingerprint density at radius 1 is 1.35 bits per heavy atom. The van der Waals surface area contributed by atoms with Crippen LogP contribution in [-0.2, 0) is 18.7 Å². The number of rotatable bonds is 6. The smallest absolute Gasteiger partial charge is 0.336 e. The highest BCUT2D eigenvalue weighted by molar-refractivity contribution is 7.98. The first-order chi connectivity index (χ1) is 9.65. The normalized spacial score (nSPS) is 10.7. The summed E-state index contributed by atoms with van der Waals surface area (Å²) in [5.41, 5.74) is 2.57. The molecule has 5 heteroatoms. The number of hydrogen-bond donors (Lipinski definition) is 1. The van der Waals surface area contributed by atoms with Crippen molar-refractivity contribution in [3.8, 4) is 0 Å². The van der Waals surface area contributed by atoms with E-state index in [2.05, 4.69) is 25.0 Å². The molecule has 0 unspecified atom stereocenters. The van der Waals surface area contributed by atoms with E-state index in [0.717, 1.165) is 35.0 Å². The summed E-state index contributed by atoms with van der Waals surface area (Å²) in [5.74, 6) is -0.156. The van der Waals surface area contributed by atoms with E-state index in [0.29, 0.717) is 5.56 Å². The van der Waals surface area contributed by atoms with Gasteiger partial charge in [-0.05, 0) is 31.5 Å². The molecule has 0 aliphatic heterocycles. The number of nitrogens with zero attached hydrogens (tertiary/aromatic N) is 2. The van der Waals surface area contributed by atoms with Gasteiger partial charge in [0.05, 0.1) is 11.3 Å². The summed E-state index contributed by atoms with van der Waals surface area (Å²) >= 11 is 1.54. The van der Waals surface area contributed by atoms with E-state index in [1.54, 1.807) is 23.9 Å². The molecule has 20 heavy (non-hydrogen) atoms. The molecule has 0 radical (unpaired) electrons. The van der Waals surface area contributed by atoms with Crippen LogP contribution in [0, 0.1) is 0 Å². The van der Waals surface area contributed by atoms with Crippen molar-refractivity contribution in [3.63, 3.8) is 0 Å². The highest BCUT2D eigenvalue weighted by atomic mass is 32.2. The van der Waals surface area contributed by atoms with Crippen LogP contribution < -0.4 is 0 Å². The monoisotopic (exact) mass is 290 g/mol. The highest BCUT2D eigenvalue weighted by Crippen LogP contribution is 2.26. The second kappa shape index (κ2) is 6.61. The molecule has 0 saturated heterocycles. The molecule has 0 atom stereocenters. The van der Waals surface area contributed by atoms with Gasteiger partial charge in [0.1, 0.15) is 0 Å². The molecule has 0 saturated carbocycles. The molecule has 0 amide bonds. The second-order valence-corrected chi connectivity index (χ2v) is 5.40. The lowest BCUT2D eigenvalue weighted by Crippen LogP contribution is -2.02. The summed E-state index contributed by atoms with van der Waals surface area (Å²) < 4.78 is 1.98. The average Bonchev–Trinajstić information content (AvgIpc) is 2.87. The van der Waals surface area contributed by atoms with Crippen molar-refractivity contribution in [2.24, 2.45) is 0 Å². The third-order valence-electron chi connectivity index (χ3n) is 3.07. The maximum atomic E-state index is 11.2. The zero-order valence-electron chi connectivity index (χ0n) is 11.7. The van der Waals surface area contributed by atoms with Crippen LogP contribution in [0.3, 0.4) is 0 Å². The van der Waals surface area contributed by atoms with Crippen molar-refractivity contribution in [1.82, 2.24) is 9.78 Å². The van der Waals surface area contributed by atoms with Gasteiger partial charge in [0.2, 0.25) is 0 Å². The molecule has 0 bridgehead atoms. The van der Waals surface area contributed by atoms with Crippen molar-refractivity contribution < 1.29 is 9.90 Å². The summed E-state index contributed by atoms with van der Waals surface area (Å²) in [6.45, 7) is 4.97. The molecule has 2 rings (SSSR count). The van der Waals surface area contributed by atoms with E-state index < -0.39 is 5.97 Å². The van der Waals surface area contributed by atoms with Crippen molar-refractivity contribution >= 4 is 17.7 Å². The number of carboxylic acids is 1. The Morgan fingerprint density at radius 3 is 2.75 bits per heavy atom. The number of aryl methyl sites for hydroxylation is 2. The SMILES string of the molecule is CCc1cc(CSc2ccccc2C(=O)O)n(CC)n1. The first-order valence-corrected chi connectivity index (χ1v) is 7.65. The van der Waals surface area contributed by atoms with Gasteiger partial charge in [0.15, 0.2) is 0 Å². The molecule has 0 aliphatic rings. The molecule has 4 nitrogen and oxygen atoms in total. The van der Waals surface area contributed by atoms with Crippen LogP contribution in [0.5, 0.6) is 0 Å². The van der Waals surface area contributed by atoms with Crippen LogP contribution >= 0.6 is 11.8 Å². The fraction of sp³-hybridized carbons (Fsp3) is 0.333. The number of carboxylic acid groups (broad SMARTS) is 1. The summed E-state index contributed by atoms with van der Waals surface area (Å²) in [7, 11) is 0. The zero-order valence-corrected chi connectivity index (χ0v) is 12.5. The molecule has 1 N–H and O–H groups in total. The Hall–Kier alpha value is -1.75. The van der Waals surface area contributed by atoms with E-state index in [-0.39, 0.29) is 0 Å². The fourth-order valence-corrected chi connectivity index (χ4v) is 3.02. The van der Waals surface area contributed by atoms with Crippen molar-refractivity contribution in [2.45, 2.75) is 37.5 Å². The van der Waals surface area contributed by atoms with Gasteiger partial charge in [-0.15, -0.1) is 11.8 Å². The van der Waals surface area contributed by atoms with Crippen LogP contribution in [0.1, 0.15) is 35.6 Å². The van der Waals surface area contributed by atoms with Crippen LogP contribution in [0.2, 0.25) is 0 Å². The predicted molar refractivity (Wildman–Crippen MR) is 80.2 cm³/mol. The van der Waals surface area contributed by atoms with Gasteiger partial charge < -0.3 is 5.11 Å². The molecule has 106 valence electrons. The Labute approximate surface area is 122 Å². The van der Waals surface area contributed by atoms with Crippen molar-refractivity contribution in [2.75, 3.05) is 0 Å². The zero-order chi connectivity index (χ0) is 14.5. The third-order valence-corrected chi connectivity index (χ3v) is 4.18. The maximum absolute atomic E-state index is 11.2. The number of carbonyl (C=O) groups is 1. The molecular formula is C15H18N2O2S. The van der Waals surface area contributed by atoms with E-state index in [4.69, 9.17) is 0 Å². The van der Waals surface area contributed by atoms with E-state index in [1.165, 1.54) is 0 Å². The summed E-state index contributed by atoms with van der Waals surface area (Å²) in [5, 5.41) is 13.7. The number of aromatic carboxylic acids is 1. The molecular weight excluding hydrogens is 272 g/mol. The van der Waals surface area contributed by atoms with Crippen LogP contribution in [0.25, 0.3) is 0 Å². The summed E-state index contributed by atoms with van der Waals surface area (Å²) in [4.78, 5) is 12.0. The van der Waals surface area contributed by atoms with Crippen LogP contribution in [-0.4, -0.2) is 20.9 Å². The van der Waals surface area contributed by atoms with E-state index in [9.17, 15) is 9.90 Å². The fourth-order valence-electron chi connectivity index (χ4n) is 2.00. The average molecular weight is 290 g/mol. The molecule has 1 heterocycles. The molecule has 2 aromatic rings. The van der Waals surface area contributed by atoms with E-state index >= 15 is 0 Å². The predicted octanol–water partition coefficient (Wildman–Crippen LogP) is 3.46. The number of benzene rings is 1. The molecule has 1 aromatic heterocycles. The Balaban J connectivity index is 2.16. The van der Waals surface area contributed by atoms with Gasteiger partial charge in [0, 0.05) is 22.9 Å². The molecule has 0 fully saturated rings. The maximum Gasteiger partial charge on any atom is 0.336 e. The standard InChI is InChI=1S/C15H18N2O2S/c1-3-11-9-12(17(4-2)16-11)10-20-14-8-6-5-7-13(14)15(18)19/h5-9H,3-4,10H2,1-2H3,(H,18,19). The summed E-state index contributed by atoms with van der Waals surface area (Å²) in [6.07, 6.45) is 0.913. The molecule has 0 spiro atoms. The minimum atomic E-state index is -0.883. The minimum Gasteiger partial charge on any atom is -0.478 e. The van der Waals surface area contributed by atoms with Gasteiger partial charge in [-0.1, -0.05) is 19.1 Å². The van der Waals surface area contributed by atoms with Gasteiger partial charge in [-0.2, -0.15) is 5.10 Å². The lowest BCUT2D eigenvalue weighted by Gasteiger charge is -2.06. The summed E-state index contributed by atoms with van der Waals surface area (Å²) in [6, 6.07) is 9.20. The first-order valence-electron chi connectivity index (χ1n) is 6.66. The van der Waals surface area contributed by atoms with Gasteiger partial charge in [-0.25, -0.2) is 4.79 Å². The highest BCUT2D eigenvalue weighted by Gasteiger charge is 2.11. The molecule has 1 aromatic carbocycles.